The average Bonchev–Trinajstić information content (AvgIpc) is 3.44. The van der Waals surface area contributed by atoms with Crippen molar-refractivity contribution in [2.75, 3.05) is 6.54 Å². The first-order valence-corrected chi connectivity index (χ1v) is 13.5. The van der Waals surface area contributed by atoms with Crippen molar-refractivity contribution in [3.05, 3.63) is 117 Å². The van der Waals surface area contributed by atoms with Gasteiger partial charge in [-0.05, 0) is 52.9 Å². The highest BCUT2D eigenvalue weighted by Crippen LogP contribution is 2.37. The van der Waals surface area contributed by atoms with E-state index in [0.717, 1.165) is 28.7 Å². The van der Waals surface area contributed by atoms with Gasteiger partial charge in [-0.25, -0.2) is 9.37 Å². The van der Waals surface area contributed by atoms with Crippen LogP contribution >= 0.6 is 11.3 Å². The average molecular weight is 530 g/mol. The van der Waals surface area contributed by atoms with E-state index in [1.807, 2.05) is 60.4 Å². The molecule has 1 aliphatic rings. The summed E-state index contributed by atoms with van der Waals surface area (Å²) in [7, 11) is 0. The Morgan fingerprint density at radius 1 is 1.11 bits per heavy atom. The van der Waals surface area contributed by atoms with Crippen LogP contribution in [0.3, 0.4) is 0 Å². The van der Waals surface area contributed by atoms with Gasteiger partial charge in [-0.2, -0.15) is 0 Å². The van der Waals surface area contributed by atoms with Gasteiger partial charge >= 0.3 is 0 Å². The summed E-state index contributed by atoms with van der Waals surface area (Å²) in [5.74, 6) is 0.156. The minimum atomic E-state index is -0.313. The molecule has 38 heavy (non-hydrogen) atoms. The van der Waals surface area contributed by atoms with E-state index in [4.69, 9.17) is 4.74 Å². The number of rotatable bonds is 8. The van der Waals surface area contributed by atoms with Crippen molar-refractivity contribution in [2.45, 2.75) is 39.0 Å². The Bertz CT molecular complexity index is 1420. The zero-order valence-electron chi connectivity index (χ0n) is 21.0. The molecule has 0 unspecified atom stereocenters. The van der Waals surface area contributed by atoms with Crippen molar-refractivity contribution >= 4 is 23.2 Å². The molecule has 2 heterocycles. The summed E-state index contributed by atoms with van der Waals surface area (Å²) in [4.78, 5) is 31.6. The lowest BCUT2D eigenvalue weighted by atomic mass is 9.87. The predicted octanol–water partition coefficient (Wildman–Crippen LogP) is 5.68. The fourth-order valence-corrected chi connectivity index (χ4v) is 5.34. The predicted molar refractivity (Wildman–Crippen MR) is 144 cm³/mol. The minimum absolute atomic E-state index is 0.0529. The summed E-state index contributed by atoms with van der Waals surface area (Å²) >= 11 is 1.37. The summed E-state index contributed by atoms with van der Waals surface area (Å²) in [5, 5.41) is 5.30. The highest BCUT2D eigenvalue weighted by Gasteiger charge is 2.31. The molecule has 2 amide bonds. The molecule has 1 aromatic heterocycles. The number of fused-ring (bicyclic) bond motifs is 1. The van der Waals surface area contributed by atoms with Crippen molar-refractivity contribution in [3.63, 3.8) is 0 Å². The molecule has 0 aliphatic carbocycles. The molecule has 0 spiro atoms. The summed E-state index contributed by atoms with van der Waals surface area (Å²) in [6.45, 7) is 3.11. The van der Waals surface area contributed by atoms with Crippen LogP contribution in [0.4, 0.5) is 4.39 Å². The lowest BCUT2D eigenvalue weighted by Crippen LogP contribution is -2.40. The molecule has 1 atom stereocenters. The molecule has 6 nitrogen and oxygen atoms in total. The molecule has 0 fully saturated rings. The molecular formula is C30H28FN3O3S. The number of nitrogens with one attached hydrogen (secondary N) is 1. The van der Waals surface area contributed by atoms with Gasteiger partial charge in [0.2, 0.25) is 5.91 Å². The molecule has 0 saturated heterocycles. The van der Waals surface area contributed by atoms with Gasteiger partial charge in [-0.15, -0.1) is 11.3 Å². The van der Waals surface area contributed by atoms with Gasteiger partial charge in [0.25, 0.3) is 5.91 Å². The van der Waals surface area contributed by atoms with Crippen LogP contribution in [0, 0.1) is 5.82 Å². The topological polar surface area (TPSA) is 71.5 Å². The molecule has 194 valence electrons. The van der Waals surface area contributed by atoms with E-state index in [1.54, 1.807) is 17.5 Å². The number of carbonyl (C=O) groups excluding carboxylic acids is 2. The van der Waals surface area contributed by atoms with Crippen molar-refractivity contribution in [1.29, 1.82) is 0 Å². The second-order valence-corrected chi connectivity index (χ2v) is 10.0. The third-order valence-electron chi connectivity index (χ3n) is 6.60. The van der Waals surface area contributed by atoms with E-state index >= 15 is 0 Å². The van der Waals surface area contributed by atoms with Crippen LogP contribution in [-0.2, 0) is 24.4 Å². The third kappa shape index (κ3) is 5.75. The van der Waals surface area contributed by atoms with Crippen LogP contribution in [0.15, 0.2) is 78.2 Å². The second-order valence-electron chi connectivity index (χ2n) is 9.09. The Balaban J connectivity index is 1.29. The van der Waals surface area contributed by atoms with E-state index in [1.165, 1.54) is 23.5 Å². The number of ether oxygens (including phenoxy) is 1. The molecule has 4 aromatic rings. The molecule has 1 N–H and O–H groups in total. The van der Waals surface area contributed by atoms with Crippen molar-refractivity contribution in [1.82, 2.24) is 15.2 Å². The number of benzene rings is 3. The lowest BCUT2D eigenvalue weighted by molar-refractivity contribution is -0.132. The fourth-order valence-electron chi connectivity index (χ4n) is 4.65. The molecule has 0 saturated carbocycles. The highest BCUT2D eigenvalue weighted by atomic mass is 32.1. The third-order valence-corrected chi connectivity index (χ3v) is 7.42. The molecule has 3 aromatic carbocycles. The monoisotopic (exact) mass is 529 g/mol. The quantitative estimate of drug-likeness (QED) is 0.319. The maximum atomic E-state index is 13.6. The summed E-state index contributed by atoms with van der Waals surface area (Å²) in [5.41, 5.74) is 4.35. The Morgan fingerprint density at radius 3 is 2.66 bits per heavy atom. The Morgan fingerprint density at radius 2 is 1.89 bits per heavy atom. The van der Waals surface area contributed by atoms with E-state index in [-0.39, 0.29) is 30.3 Å². The normalized spacial score (nSPS) is 14.6. The van der Waals surface area contributed by atoms with Gasteiger partial charge in [0.1, 0.15) is 28.9 Å². The van der Waals surface area contributed by atoms with E-state index < -0.39 is 0 Å². The van der Waals surface area contributed by atoms with Crippen LogP contribution in [0.2, 0.25) is 0 Å². The van der Waals surface area contributed by atoms with Crippen LogP contribution in [-0.4, -0.2) is 28.2 Å². The second kappa shape index (κ2) is 11.6. The van der Waals surface area contributed by atoms with Gasteiger partial charge < -0.3 is 15.0 Å². The number of thiazole rings is 1. The summed E-state index contributed by atoms with van der Waals surface area (Å²) in [6, 6.07) is 21.6. The van der Waals surface area contributed by atoms with E-state index in [0.29, 0.717) is 36.0 Å². The zero-order chi connectivity index (χ0) is 26.5. The number of hydrogen-bond acceptors (Lipinski definition) is 5. The Labute approximate surface area is 225 Å². The molecule has 1 aliphatic heterocycles. The first kappa shape index (κ1) is 25.6. The van der Waals surface area contributed by atoms with Gasteiger partial charge in [0, 0.05) is 24.9 Å². The van der Waals surface area contributed by atoms with Crippen molar-refractivity contribution in [2.24, 2.45) is 0 Å². The minimum Gasteiger partial charge on any atom is -0.486 e. The van der Waals surface area contributed by atoms with Gasteiger partial charge in [0.15, 0.2) is 0 Å². The first-order chi connectivity index (χ1) is 18.5. The first-order valence-electron chi connectivity index (χ1n) is 12.6. The number of halogens is 1. The SMILES string of the molecule is CCC(=O)N1CCc2ccc(OCc3nc(C(=O)NCc4ccccc4)cs3)cc2[C@@H]1c1ccc(F)cc1. The van der Waals surface area contributed by atoms with Crippen LogP contribution in [0.5, 0.6) is 5.75 Å². The number of aromatic nitrogens is 1. The lowest BCUT2D eigenvalue weighted by Gasteiger charge is -2.38. The maximum absolute atomic E-state index is 13.6. The van der Waals surface area contributed by atoms with Crippen LogP contribution in [0.1, 0.15) is 57.1 Å². The standard InChI is InChI=1S/C30H28FN3O3S/c1-2-28(35)34-15-14-21-10-13-24(16-25(21)29(34)22-8-11-23(31)12-9-22)37-18-27-33-26(19-38-27)30(36)32-17-20-6-4-3-5-7-20/h3-13,16,19,29H,2,14-15,17-18H2,1H3,(H,32,36)/t29-/m0/s1. The smallest absolute Gasteiger partial charge is 0.271 e. The Kier molecular flexibility index (Phi) is 7.79. The molecule has 0 bridgehead atoms. The maximum Gasteiger partial charge on any atom is 0.271 e. The number of amides is 2. The van der Waals surface area contributed by atoms with E-state index in [9.17, 15) is 14.0 Å². The van der Waals surface area contributed by atoms with Crippen LogP contribution < -0.4 is 10.1 Å². The number of carbonyl (C=O) groups is 2. The highest BCUT2D eigenvalue weighted by molar-refractivity contribution is 7.09. The van der Waals surface area contributed by atoms with Crippen molar-refractivity contribution in [3.8, 4) is 5.75 Å². The van der Waals surface area contributed by atoms with Gasteiger partial charge in [-0.1, -0.05) is 55.5 Å². The molecule has 0 radical (unpaired) electrons. The van der Waals surface area contributed by atoms with Crippen molar-refractivity contribution < 1.29 is 18.7 Å². The zero-order valence-corrected chi connectivity index (χ0v) is 21.8. The van der Waals surface area contributed by atoms with Gasteiger partial charge in [-0.3, -0.25) is 9.59 Å². The largest absolute Gasteiger partial charge is 0.486 e. The Hall–Kier alpha value is -4.04. The molecule has 5 rings (SSSR count). The van der Waals surface area contributed by atoms with Gasteiger partial charge in [0.05, 0.1) is 6.04 Å². The summed E-state index contributed by atoms with van der Waals surface area (Å²) in [6.07, 6.45) is 1.14. The molecule has 8 heteroatoms. The fraction of sp³-hybridized carbons (Fsp3) is 0.233. The van der Waals surface area contributed by atoms with Crippen LogP contribution in [0.25, 0.3) is 0 Å². The number of nitrogens with zero attached hydrogens (tertiary/aromatic N) is 2. The van der Waals surface area contributed by atoms with E-state index in [2.05, 4.69) is 10.3 Å². The number of hydrogen-bond donors (Lipinski definition) is 1. The summed E-state index contributed by atoms with van der Waals surface area (Å²) < 4.78 is 19.7. The molecular weight excluding hydrogens is 501 g/mol.